The fourth-order valence-electron chi connectivity index (χ4n) is 2.75. The molecule has 7 nitrogen and oxygen atoms in total. The highest BCUT2D eigenvalue weighted by Gasteiger charge is 2.20. The number of hydrogen-bond donors (Lipinski definition) is 1. The number of nitrogens with one attached hydrogen (secondary N) is 1. The van der Waals surface area contributed by atoms with E-state index in [9.17, 15) is 9.18 Å². The van der Waals surface area contributed by atoms with Gasteiger partial charge in [-0.1, -0.05) is 12.1 Å². The summed E-state index contributed by atoms with van der Waals surface area (Å²) in [5.74, 6) is 0.767. The van der Waals surface area contributed by atoms with Gasteiger partial charge in [-0.3, -0.25) is 4.79 Å². The molecule has 0 saturated carbocycles. The number of rotatable bonds is 7. The molecule has 1 amide bonds. The van der Waals surface area contributed by atoms with Gasteiger partial charge in [0, 0.05) is 19.5 Å². The largest absolute Gasteiger partial charge is 0.489 e. The molecule has 1 aromatic carbocycles. The molecule has 0 fully saturated rings. The number of para-hydroxylation sites is 1. The minimum absolute atomic E-state index is 0.0264. The number of carbonyl (C=O) groups is 1. The van der Waals surface area contributed by atoms with Gasteiger partial charge in [0.2, 0.25) is 5.91 Å². The third-order valence-electron chi connectivity index (χ3n) is 4.29. The molecule has 0 saturated heterocycles. The predicted molar refractivity (Wildman–Crippen MR) is 89.7 cm³/mol. The van der Waals surface area contributed by atoms with Gasteiger partial charge < -0.3 is 15.0 Å². The second-order valence-electron chi connectivity index (χ2n) is 6.07. The molecule has 25 heavy (non-hydrogen) atoms. The van der Waals surface area contributed by atoms with E-state index in [0.29, 0.717) is 6.54 Å². The number of aromatic nitrogens is 3. The molecule has 0 unspecified atom stereocenters. The van der Waals surface area contributed by atoms with Crippen molar-refractivity contribution in [3.05, 3.63) is 42.2 Å². The number of fused-ring (bicyclic) bond motifs is 1. The Hall–Kier alpha value is -2.48. The van der Waals surface area contributed by atoms with E-state index in [4.69, 9.17) is 4.74 Å². The molecular formula is C17H22FN5O2. The van der Waals surface area contributed by atoms with Crippen LogP contribution in [0.25, 0.3) is 0 Å². The number of halogens is 1. The van der Waals surface area contributed by atoms with Crippen molar-refractivity contribution in [1.29, 1.82) is 0 Å². The Morgan fingerprint density at radius 3 is 3.16 bits per heavy atom. The molecule has 1 atom stereocenters. The first-order valence-corrected chi connectivity index (χ1v) is 8.35. The topological polar surface area (TPSA) is 72.3 Å². The average molecular weight is 347 g/mol. The van der Waals surface area contributed by atoms with Gasteiger partial charge in [-0.2, -0.15) is 5.10 Å². The maximum absolute atomic E-state index is 13.5. The first-order valence-electron chi connectivity index (χ1n) is 8.35. The van der Waals surface area contributed by atoms with Gasteiger partial charge >= 0.3 is 0 Å². The molecule has 2 heterocycles. The number of hydrogen-bond acceptors (Lipinski definition) is 5. The Kier molecular flexibility index (Phi) is 5.60. The van der Waals surface area contributed by atoms with E-state index in [0.717, 1.165) is 25.2 Å². The van der Waals surface area contributed by atoms with Crippen LogP contribution in [0.5, 0.6) is 5.75 Å². The Morgan fingerprint density at radius 2 is 2.32 bits per heavy atom. The molecular weight excluding hydrogens is 325 g/mol. The fourth-order valence-corrected chi connectivity index (χ4v) is 2.75. The quantitative estimate of drug-likeness (QED) is 0.804. The highest BCUT2D eigenvalue weighted by Crippen LogP contribution is 2.15. The van der Waals surface area contributed by atoms with Gasteiger partial charge in [0.25, 0.3) is 0 Å². The standard InChI is InChI=1S/C17H22FN5O2/c1-22(8-9-25-15-5-3-2-4-14(15)18)17(24)10-19-13-6-7-16-20-12-21-23(16)11-13/h2-5,12-13,19H,6-11H2,1H3/t13-/m0/s1. The molecule has 0 bridgehead atoms. The summed E-state index contributed by atoms with van der Waals surface area (Å²) in [5, 5.41) is 7.44. The highest BCUT2D eigenvalue weighted by molar-refractivity contribution is 5.78. The van der Waals surface area contributed by atoms with Gasteiger partial charge in [0.05, 0.1) is 19.6 Å². The van der Waals surface area contributed by atoms with Gasteiger partial charge in [0.15, 0.2) is 11.6 Å². The summed E-state index contributed by atoms with van der Waals surface area (Å²) in [4.78, 5) is 18.0. The average Bonchev–Trinajstić information content (AvgIpc) is 3.09. The van der Waals surface area contributed by atoms with Crippen molar-refractivity contribution in [2.24, 2.45) is 0 Å². The molecule has 2 aromatic rings. The highest BCUT2D eigenvalue weighted by atomic mass is 19.1. The second-order valence-corrected chi connectivity index (χ2v) is 6.07. The Balaban J connectivity index is 1.37. The zero-order valence-corrected chi connectivity index (χ0v) is 14.2. The van der Waals surface area contributed by atoms with E-state index in [2.05, 4.69) is 15.4 Å². The Labute approximate surface area is 145 Å². The SMILES string of the molecule is CN(CCOc1ccccc1F)C(=O)CN[C@H]1CCc2ncnn2C1. The molecule has 1 aliphatic rings. The van der Waals surface area contributed by atoms with Crippen LogP contribution in [0.3, 0.4) is 0 Å². The number of benzene rings is 1. The number of amides is 1. The predicted octanol–water partition coefficient (Wildman–Crippen LogP) is 0.859. The van der Waals surface area contributed by atoms with E-state index < -0.39 is 5.82 Å². The van der Waals surface area contributed by atoms with Crippen LogP contribution < -0.4 is 10.1 Å². The molecule has 8 heteroatoms. The van der Waals surface area contributed by atoms with E-state index in [-0.39, 0.29) is 30.9 Å². The molecule has 1 aliphatic heterocycles. The number of carbonyl (C=O) groups excluding carboxylic acids is 1. The van der Waals surface area contributed by atoms with Crippen LogP contribution in [0.2, 0.25) is 0 Å². The lowest BCUT2D eigenvalue weighted by Crippen LogP contribution is -2.44. The molecule has 134 valence electrons. The van der Waals surface area contributed by atoms with Crippen molar-refractivity contribution in [3.8, 4) is 5.75 Å². The summed E-state index contributed by atoms with van der Waals surface area (Å²) >= 11 is 0. The first kappa shape index (κ1) is 17.3. The van der Waals surface area contributed by atoms with Crippen LogP contribution in [-0.2, 0) is 17.8 Å². The van der Waals surface area contributed by atoms with Gasteiger partial charge in [0.1, 0.15) is 18.8 Å². The summed E-state index contributed by atoms with van der Waals surface area (Å²) in [6.07, 6.45) is 3.36. The monoisotopic (exact) mass is 347 g/mol. The third kappa shape index (κ3) is 4.54. The van der Waals surface area contributed by atoms with Crippen LogP contribution in [-0.4, -0.2) is 58.4 Å². The maximum Gasteiger partial charge on any atom is 0.236 e. The second kappa shape index (κ2) is 8.06. The molecule has 0 radical (unpaired) electrons. The van der Waals surface area contributed by atoms with Crippen molar-refractivity contribution >= 4 is 5.91 Å². The summed E-state index contributed by atoms with van der Waals surface area (Å²) in [5.41, 5.74) is 0. The van der Waals surface area contributed by atoms with Gasteiger partial charge in [-0.05, 0) is 18.6 Å². The van der Waals surface area contributed by atoms with Crippen molar-refractivity contribution < 1.29 is 13.9 Å². The zero-order chi connectivity index (χ0) is 17.6. The number of aryl methyl sites for hydroxylation is 1. The third-order valence-corrected chi connectivity index (χ3v) is 4.29. The lowest BCUT2D eigenvalue weighted by Gasteiger charge is -2.25. The van der Waals surface area contributed by atoms with Crippen molar-refractivity contribution in [3.63, 3.8) is 0 Å². The normalized spacial score (nSPS) is 16.3. The van der Waals surface area contributed by atoms with E-state index in [1.54, 1.807) is 36.5 Å². The van der Waals surface area contributed by atoms with Crippen molar-refractivity contribution in [2.75, 3.05) is 26.7 Å². The number of nitrogens with zero attached hydrogens (tertiary/aromatic N) is 4. The lowest BCUT2D eigenvalue weighted by atomic mass is 10.1. The van der Waals surface area contributed by atoms with Crippen LogP contribution >= 0.6 is 0 Å². The maximum atomic E-state index is 13.5. The zero-order valence-electron chi connectivity index (χ0n) is 14.2. The van der Waals surface area contributed by atoms with Crippen LogP contribution in [0.4, 0.5) is 4.39 Å². The summed E-state index contributed by atoms with van der Waals surface area (Å²) in [7, 11) is 1.71. The molecule has 1 aromatic heterocycles. The van der Waals surface area contributed by atoms with Crippen LogP contribution in [0, 0.1) is 5.82 Å². The Bertz CT molecular complexity index is 721. The van der Waals surface area contributed by atoms with Gasteiger partial charge in [-0.25, -0.2) is 14.1 Å². The summed E-state index contributed by atoms with van der Waals surface area (Å²) in [6.45, 7) is 1.62. The summed E-state index contributed by atoms with van der Waals surface area (Å²) in [6, 6.07) is 6.44. The van der Waals surface area contributed by atoms with Gasteiger partial charge in [-0.15, -0.1) is 0 Å². The van der Waals surface area contributed by atoms with Crippen molar-refractivity contribution in [2.45, 2.75) is 25.4 Å². The molecule has 0 spiro atoms. The van der Waals surface area contributed by atoms with Crippen LogP contribution in [0.15, 0.2) is 30.6 Å². The van der Waals surface area contributed by atoms with E-state index in [1.165, 1.54) is 6.07 Å². The fraction of sp³-hybridized carbons (Fsp3) is 0.471. The lowest BCUT2D eigenvalue weighted by molar-refractivity contribution is -0.129. The summed E-state index contributed by atoms with van der Waals surface area (Å²) < 4.78 is 20.7. The number of likely N-dealkylation sites (N-methyl/N-ethyl adjacent to an activating group) is 1. The van der Waals surface area contributed by atoms with E-state index in [1.807, 2.05) is 4.68 Å². The number of ether oxygens (including phenoxy) is 1. The van der Waals surface area contributed by atoms with Crippen molar-refractivity contribution in [1.82, 2.24) is 25.0 Å². The molecule has 1 N–H and O–H groups in total. The minimum Gasteiger partial charge on any atom is -0.489 e. The minimum atomic E-state index is -0.400. The van der Waals surface area contributed by atoms with E-state index >= 15 is 0 Å². The Morgan fingerprint density at radius 1 is 1.48 bits per heavy atom. The van der Waals surface area contributed by atoms with Crippen LogP contribution in [0.1, 0.15) is 12.2 Å². The first-order chi connectivity index (χ1) is 12.1. The molecule has 0 aliphatic carbocycles. The smallest absolute Gasteiger partial charge is 0.236 e. The molecule has 3 rings (SSSR count).